The molecule has 0 unspecified atom stereocenters. The number of carbonyl (C=O) groups excluding carboxylic acids is 1. The van der Waals surface area contributed by atoms with Gasteiger partial charge < -0.3 is 4.74 Å². The van der Waals surface area contributed by atoms with Crippen LogP contribution < -0.4 is 9.64 Å². The van der Waals surface area contributed by atoms with Crippen LogP contribution in [0.2, 0.25) is 5.02 Å². The van der Waals surface area contributed by atoms with E-state index in [1.165, 1.54) is 11.3 Å². The molecule has 0 atom stereocenters. The van der Waals surface area contributed by atoms with E-state index in [1.54, 1.807) is 35.4 Å². The van der Waals surface area contributed by atoms with Crippen LogP contribution in [0, 0.1) is 0 Å². The average Bonchev–Trinajstić information content (AvgIpc) is 3.16. The van der Waals surface area contributed by atoms with E-state index in [0.29, 0.717) is 28.9 Å². The minimum atomic E-state index is -0.156. The molecule has 4 rings (SSSR count). The number of hydrogen-bond acceptors (Lipinski definition) is 5. The van der Waals surface area contributed by atoms with Crippen LogP contribution in [0.1, 0.15) is 23.0 Å². The highest BCUT2D eigenvalue weighted by Crippen LogP contribution is 2.33. The number of carbonyl (C=O) groups is 1. The minimum absolute atomic E-state index is 0.156. The fourth-order valence-corrected chi connectivity index (χ4v) is 4.01. The summed E-state index contributed by atoms with van der Waals surface area (Å²) in [6, 6.07) is 18.2. The number of benzene rings is 2. The van der Waals surface area contributed by atoms with Gasteiger partial charge in [0.1, 0.15) is 5.75 Å². The lowest BCUT2D eigenvalue weighted by Crippen LogP contribution is -2.30. The number of pyridine rings is 1. The predicted molar refractivity (Wildman–Crippen MR) is 117 cm³/mol. The molecular formula is C22H18ClN3O2S. The number of anilines is 1. The summed E-state index contributed by atoms with van der Waals surface area (Å²) in [7, 11) is 0. The zero-order valence-corrected chi connectivity index (χ0v) is 17.3. The first-order chi connectivity index (χ1) is 14.1. The summed E-state index contributed by atoms with van der Waals surface area (Å²) in [6.07, 6.45) is 1.72. The van der Waals surface area contributed by atoms with Gasteiger partial charge in [-0.15, -0.1) is 0 Å². The number of ether oxygens (including phenoxy) is 1. The molecule has 4 aromatic rings. The van der Waals surface area contributed by atoms with E-state index in [2.05, 4.69) is 9.97 Å². The van der Waals surface area contributed by atoms with Gasteiger partial charge in [0, 0.05) is 16.8 Å². The van der Waals surface area contributed by atoms with Crippen molar-refractivity contribution in [2.45, 2.75) is 13.5 Å². The third-order valence-corrected chi connectivity index (χ3v) is 5.57. The number of halogens is 1. The highest BCUT2D eigenvalue weighted by Gasteiger charge is 2.22. The summed E-state index contributed by atoms with van der Waals surface area (Å²) in [5.74, 6) is 0.631. The average molecular weight is 424 g/mol. The molecule has 0 aliphatic heterocycles. The van der Waals surface area contributed by atoms with Gasteiger partial charge in [-0.2, -0.15) is 0 Å². The molecule has 7 heteroatoms. The summed E-state index contributed by atoms with van der Waals surface area (Å²) in [5.41, 5.74) is 2.15. The lowest BCUT2D eigenvalue weighted by Gasteiger charge is -2.19. The molecule has 5 nitrogen and oxygen atoms in total. The Morgan fingerprint density at radius 2 is 1.97 bits per heavy atom. The Kier molecular flexibility index (Phi) is 5.74. The number of aromatic nitrogens is 2. The van der Waals surface area contributed by atoms with Crippen LogP contribution in [0.5, 0.6) is 5.75 Å². The molecule has 2 aromatic carbocycles. The topological polar surface area (TPSA) is 55.3 Å². The van der Waals surface area contributed by atoms with Crippen LogP contribution in [0.25, 0.3) is 10.2 Å². The van der Waals surface area contributed by atoms with E-state index < -0.39 is 0 Å². The van der Waals surface area contributed by atoms with Gasteiger partial charge in [0.2, 0.25) is 0 Å². The Balaban J connectivity index is 1.73. The van der Waals surface area contributed by atoms with Crippen molar-refractivity contribution < 1.29 is 9.53 Å². The number of nitrogens with zero attached hydrogens (tertiary/aromatic N) is 3. The van der Waals surface area contributed by atoms with Crippen molar-refractivity contribution in [2.75, 3.05) is 11.5 Å². The van der Waals surface area contributed by atoms with Crippen molar-refractivity contribution in [2.24, 2.45) is 0 Å². The smallest absolute Gasteiger partial charge is 0.260 e. The Bertz CT molecular complexity index is 1130. The van der Waals surface area contributed by atoms with Crippen molar-refractivity contribution in [3.05, 3.63) is 83.1 Å². The van der Waals surface area contributed by atoms with Gasteiger partial charge in [0.25, 0.3) is 5.91 Å². The summed E-state index contributed by atoms with van der Waals surface area (Å²) in [4.78, 5) is 24.0. The van der Waals surface area contributed by atoms with Crippen molar-refractivity contribution in [3.8, 4) is 5.75 Å². The first kappa shape index (κ1) is 19.4. The van der Waals surface area contributed by atoms with Crippen LogP contribution in [-0.2, 0) is 6.54 Å². The standard InChI is InChI=1S/C22H18ClN3O2S/c1-2-28-18-10-11-19-20(13-18)29-22(25-19)26(14-17-5-3-4-12-24-17)21(27)15-6-8-16(23)9-7-15/h3-13H,2,14H2,1H3. The van der Waals surface area contributed by atoms with Gasteiger partial charge in [-0.3, -0.25) is 14.7 Å². The Hall–Kier alpha value is -2.96. The fraction of sp³-hybridized carbons (Fsp3) is 0.136. The van der Waals surface area contributed by atoms with E-state index in [9.17, 15) is 4.79 Å². The first-order valence-corrected chi connectivity index (χ1v) is 10.3. The molecule has 2 heterocycles. The number of amides is 1. The minimum Gasteiger partial charge on any atom is -0.494 e. The fourth-order valence-electron chi connectivity index (χ4n) is 2.89. The second-order valence-electron chi connectivity index (χ2n) is 6.28. The van der Waals surface area contributed by atoms with Gasteiger partial charge in [0.15, 0.2) is 5.13 Å². The van der Waals surface area contributed by atoms with Crippen LogP contribution >= 0.6 is 22.9 Å². The highest BCUT2D eigenvalue weighted by molar-refractivity contribution is 7.22. The monoisotopic (exact) mass is 423 g/mol. The molecule has 0 N–H and O–H groups in total. The lowest BCUT2D eigenvalue weighted by molar-refractivity contribution is 0.0985. The first-order valence-electron chi connectivity index (χ1n) is 9.15. The molecule has 2 aromatic heterocycles. The van der Waals surface area contributed by atoms with Gasteiger partial charge in [-0.05, 0) is 61.5 Å². The van der Waals surface area contributed by atoms with Crippen molar-refractivity contribution >= 4 is 44.2 Å². The maximum Gasteiger partial charge on any atom is 0.260 e. The quantitative estimate of drug-likeness (QED) is 0.405. The summed E-state index contributed by atoms with van der Waals surface area (Å²) >= 11 is 7.43. The molecule has 0 fully saturated rings. The van der Waals surface area contributed by atoms with E-state index in [4.69, 9.17) is 16.3 Å². The SMILES string of the molecule is CCOc1ccc2nc(N(Cc3ccccn3)C(=O)c3ccc(Cl)cc3)sc2c1. The number of fused-ring (bicyclic) bond motifs is 1. The lowest BCUT2D eigenvalue weighted by atomic mass is 10.2. The van der Waals surface area contributed by atoms with Crippen molar-refractivity contribution in [3.63, 3.8) is 0 Å². The molecular weight excluding hydrogens is 406 g/mol. The van der Waals surface area contributed by atoms with E-state index in [-0.39, 0.29) is 5.91 Å². The van der Waals surface area contributed by atoms with E-state index in [1.807, 2.05) is 43.3 Å². The summed E-state index contributed by atoms with van der Waals surface area (Å²) in [5, 5.41) is 1.19. The second-order valence-corrected chi connectivity index (χ2v) is 7.72. The maximum atomic E-state index is 13.3. The van der Waals surface area contributed by atoms with Crippen LogP contribution in [-0.4, -0.2) is 22.5 Å². The Labute approximate surface area is 177 Å². The van der Waals surface area contributed by atoms with Crippen LogP contribution in [0.3, 0.4) is 0 Å². The zero-order chi connectivity index (χ0) is 20.2. The number of thiazole rings is 1. The van der Waals surface area contributed by atoms with E-state index >= 15 is 0 Å². The number of hydrogen-bond donors (Lipinski definition) is 0. The Morgan fingerprint density at radius 3 is 2.69 bits per heavy atom. The molecule has 146 valence electrons. The van der Waals surface area contributed by atoms with Gasteiger partial charge >= 0.3 is 0 Å². The second kappa shape index (κ2) is 8.59. The molecule has 0 spiro atoms. The third-order valence-electron chi connectivity index (χ3n) is 4.27. The molecule has 0 radical (unpaired) electrons. The Morgan fingerprint density at radius 1 is 1.14 bits per heavy atom. The maximum absolute atomic E-state index is 13.3. The molecule has 0 aliphatic carbocycles. The van der Waals surface area contributed by atoms with Crippen LogP contribution in [0.15, 0.2) is 66.9 Å². The summed E-state index contributed by atoms with van der Waals surface area (Å²) < 4.78 is 6.54. The van der Waals surface area contributed by atoms with Gasteiger partial charge in [-0.25, -0.2) is 4.98 Å². The van der Waals surface area contributed by atoms with Crippen LogP contribution in [0.4, 0.5) is 5.13 Å². The predicted octanol–water partition coefficient (Wildman–Crippen LogP) is 5.59. The van der Waals surface area contributed by atoms with Crippen molar-refractivity contribution in [1.29, 1.82) is 0 Å². The third kappa shape index (κ3) is 4.39. The van der Waals surface area contributed by atoms with Gasteiger partial charge in [0.05, 0.1) is 29.1 Å². The molecule has 0 saturated heterocycles. The van der Waals surface area contributed by atoms with Gasteiger partial charge in [-0.1, -0.05) is 29.0 Å². The normalized spacial score (nSPS) is 10.8. The molecule has 1 amide bonds. The number of rotatable bonds is 6. The van der Waals surface area contributed by atoms with E-state index in [0.717, 1.165) is 21.7 Å². The van der Waals surface area contributed by atoms with Crippen molar-refractivity contribution in [1.82, 2.24) is 9.97 Å². The summed E-state index contributed by atoms with van der Waals surface area (Å²) in [6.45, 7) is 2.86. The molecule has 0 saturated carbocycles. The molecule has 0 bridgehead atoms. The zero-order valence-electron chi connectivity index (χ0n) is 15.7. The highest BCUT2D eigenvalue weighted by atomic mass is 35.5. The molecule has 29 heavy (non-hydrogen) atoms. The largest absolute Gasteiger partial charge is 0.494 e. The molecule has 0 aliphatic rings.